The normalized spacial score (nSPS) is 17.7. The molecule has 9 heteroatoms. The monoisotopic (exact) mass is 493 g/mol. The quantitative estimate of drug-likeness (QED) is 0.434. The molecule has 2 atom stereocenters. The van der Waals surface area contributed by atoms with Gasteiger partial charge < -0.3 is 25.8 Å². The largest absolute Gasteiger partial charge is 0.494 e. The Morgan fingerprint density at radius 3 is 2.83 bits per heavy atom. The van der Waals surface area contributed by atoms with Crippen LogP contribution < -0.4 is 21.1 Å². The topological polar surface area (TPSA) is 117 Å². The molecule has 1 aliphatic rings. The van der Waals surface area contributed by atoms with E-state index in [1.54, 1.807) is 43.8 Å². The van der Waals surface area contributed by atoms with Gasteiger partial charge in [0.25, 0.3) is 0 Å². The van der Waals surface area contributed by atoms with Gasteiger partial charge in [-0.15, -0.1) is 0 Å². The van der Waals surface area contributed by atoms with Gasteiger partial charge in [-0.25, -0.2) is 9.37 Å². The van der Waals surface area contributed by atoms with Gasteiger partial charge in [0.1, 0.15) is 17.3 Å². The fraction of sp³-hybridized carbons (Fsp3) is 0.370. The van der Waals surface area contributed by atoms with Gasteiger partial charge in [-0.1, -0.05) is 6.92 Å². The predicted molar refractivity (Wildman–Crippen MR) is 138 cm³/mol. The van der Waals surface area contributed by atoms with E-state index in [-0.39, 0.29) is 41.3 Å². The zero-order chi connectivity index (χ0) is 25.7. The van der Waals surface area contributed by atoms with Crippen LogP contribution in [-0.2, 0) is 11.2 Å². The van der Waals surface area contributed by atoms with Gasteiger partial charge in [-0.2, -0.15) is 0 Å². The number of pyridine rings is 2. The lowest BCUT2D eigenvalue weighted by atomic mass is 10.00. The average Bonchev–Trinajstić information content (AvgIpc) is 2.88. The molecule has 1 saturated heterocycles. The van der Waals surface area contributed by atoms with Crippen molar-refractivity contribution in [1.82, 2.24) is 9.97 Å². The van der Waals surface area contributed by atoms with Crippen LogP contribution in [0.25, 0.3) is 11.3 Å². The van der Waals surface area contributed by atoms with Gasteiger partial charge in [-0.05, 0) is 49.2 Å². The van der Waals surface area contributed by atoms with Gasteiger partial charge in [-0.3, -0.25) is 9.78 Å². The summed E-state index contributed by atoms with van der Waals surface area (Å²) in [5.41, 5.74) is 14.9. The zero-order valence-electron chi connectivity index (χ0n) is 20.6. The molecule has 0 unspecified atom stereocenters. The summed E-state index contributed by atoms with van der Waals surface area (Å²) in [7, 11) is 1.67. The summed E-state index contributed by atoms with van der Waals surface area (Å²) < 4.78 is 25.8. The number of hydrogen-bond donors (Lipinski definition) is 2. The zero-order valence-corrected chi connectivity index (χ0v) is 20.6. The van der Waals surface area contributed by atoms with Gasteiger partial charge in [0, 0.05) is 61.9 Å². The molecule has 0 amide bonds. The third kappa shape index (κ3) is 5.80. The smallest absolute Gasteiger partial charge is 0.187 e. The van der Waals surface area contributed by atoms with Crippen LogP contribution in [0.1, 0.15) is 35.8 Å². The molecule has 0 radical (unpaired) electrons. The first-order chi connectivity index (χ1) is 17.4. The molecule has 0 aliphatic carbocycles. The van der Waals surface area contributed by atoms with E-state index < -0.39 is 5.82 Å². The Morgan fingerprint density at radius 2 is 2.06 bits per heavy atom. The average molecular weight is 494 g/mol. The van der Waals surface area contributed by atoms with E-state index in [2.05, 4.69) is 14.9 Å². The first kappa shape index (κ1) is 25.5. The second-order valence-electron chi connectivity index (χ2n) is 8.99. The van der Waals surface area contributed by atoms with Crippen molar-refractivity contribution in [2.45, 2.75) is 38.3 Å². The number of nitrogen functional groups attached to an aromatic ring is 1. The minimum absolute atomic E-state index is 0.00595. The number of nitrogens with two attached hydrogens (primary N) is 2. The van der Waals surface area contributed by atoms with E-state index in [4.69, 9.17) is 20.9 Å². The maximum Gasteiger partial charge on any atom is 0.187 e. The summed E-state index contributed by atoms with van der Waals surface area (Å²) in [4.78, 5) is 24.2. The molecule has 2 aromatic heterocycles. The Bertz CT molecular complexity index is 1220. The molecule has 1 aromatic carbocycles. The fourth-order valence-corrected chi connectivity index (χ4v) is 4.43. The lowest BCUT2D eigenvalue weighted by molar-refractivity contribution is 0.0835. The second kappa shape index (κ2) is 11.5. The van der Waals surface area contributed by atoms with E-state index in [9.17, 15) is 9.18 Å². The minimum atomic E-state index is -0.460. The van der Waals surface area contributed by atoms with E-state index in [1.807, 2.05) is 13.0 Å². The number of Topliss-reactive ketones (excluding diaryl/α,β-unsaturated/α-hetero) is 1. The van der Waals surface area contributed by atoms with Crippen LogP contribution in [0.15, 0.2) is 48.8 Å². The molecule has 1 aliphatic heterocycles. The molecule has 0 saturated carbocycles. The SMILES string of the molecule is CCCOc1ccc(F)c(-c2ccc(N)c(C(=O)Cc3cnccc3N3C[C@@H](N)C[C@@H](OC)C3)n2)c1. The molecule has 3 heterocycles. The van der Waals surface area contributed by atoms with Gasteiger partial charge in [0.05, 0.1) is 24.1 Å². The molecule has 36 heavy (non-hydrogen) atoms. The number of aromatic nitrogens is 2. The molecule has 3 aromatic rings. The summed E-state index contributed by atoms with van der Waals surface area (Å²) in [6.07, 6.45) is 5.01. The van der Waals surface area contributed by atoms with Crippen LogP contribution in [0.2, 0.25) is 0 Å². The highest BCUT2D eigenvalue weighted by Gasteiger charge is 2.27. The molecule has 4 rings (SSSR count). The lowest BCUT2D eigenvalue weighted by Crippen LogP contribution is -2.50. The number of ketones is 1. The highest BCUT2D eigenvalue weighted by Crippen LogP contribution is 2.29. The lowest BCUT2D eigenvalue weighted by Gasteiger charge is -2.37. The van der Waals surface area contributed by atoms with Crippen molar-refractivity contribution in [2.75, 3.05) is 37.4 Å². The van der Waals surface area contributed by atoms with Gasteiger partial charge in [0.15, 0.2) is 5.78 Å². The number of carbonyl (C=O) groups is 1. The first-order valence-corrected chi connectivity index (χ1v) is 12.1. The van der Waals surface area contributed by atoms with Crippen molar-refractivity contribution >= 4 is 17.2 Å². The highest BCUT2D eigenvalue weighted by atomic mass is 19.1. The van der Waals surface area contributed by atoms with E-state index >= 15 is 0 Å². The molecule has 0 bridgehead atoms. The number of benzene rings is 1. The minimum Gasteiger partial charge on any atom is -0.494 e. The highest BCUT2D eigenvalue weighted by molar-refractivity contribution is 6.01. The van der Waals surface area contributed by atoms with E-state index in [0.717, 1.165) is 24.1 Å². The number of methoxy groups -OCH3 is 1. The van der Waals surface area contributed by atoms with Crippen LogP contribution >= 0.6 is 0 Å². The third-order valence-electron chi connectivity index (χ3n) is 6.22. The first-order valence-electron chi connectivity index (χ1n) is 12.1. The van der Waals surface area contributed by atoms with Crippen molar-refractivity contribution in [1.29, 1.82) is 0 Å². The van der Waals surface area contributed by atoms with Crippen LogP contribution in [0.3, 0.4) is 0 Å². The summed E-state index contributed by atoms with van der Waals surface area (Å²) in [6, 6.07) is 9.50. The van der Waals surface area contributed by atoms with Crippen molar-refractivity contribution in [3.63, 3.8) is 0 Å². The molecule has 0 spiro atoms. The van der Waals surface area contributed by atoms with Crippen molar-refractivity contribution < 1.29 is 18.7 Å². The fourth-order valence-electron chi connectivity index (χ4n) is 4.43. The molecule has 190 valence electrons. The number of rotatable bonds is 9. The van der Waals surface area contributed by atoms with Crippen molar-refractivity contribution in [3.05, 3.63) is 65.9 Å². The summed E-state index contributed by atoms with van der Waals surface area (Å²) in [5, 5.41) is 0. The summed E-state index contributed by atoms with van der Waals surface area (Å²) in [5.74, 6) is -0.209. The Morgan fingerprint density at radius 1 is 1.22 bits per heavy atom. The van der Waals surface area contributed by atoms with E-state index in [0.29, 0.717) is 31.1 Å². The van der Waals surface area contributed by atoms with Crippen LogP contribution in [0.4, 0.5) is 15.8 Å². The van der Waals surface area contributed by atoms with Crippen LogP contribution in [-0.4, -0.2) is 54.7 Å². The van der Waals surface area contributed by atoms with Gasteiger partial charge >= 0.3 is 0 Å². The standard InChI is InChI=1S/C27H32FN5O3/c1-3-10-36-19-4-5-22(28)21(13-19)24-7-6-23(30)27(32-24)26(34)11-17-14-31-9-8-25(17)33-15-18(29)12-20(16-33)35-2/h4-9,13-14,18,20H,3,10-12,15-16,29-30H2,1-2H3/t18-,20+/m0/s1. The number of carbonyl (C=O) groups excluding carboxylic acids is 1. The molecule has 4 N–H and O–H groups in total. The Balaban J connectivity index is 1.61. The number of piperidine rings is 1. The Hall–Kier alpha value is -3.56. The third-order valence-corrected chi connectivity index (χ3v) is 6.22. The molecular weight excluding hydrogens is 461 g/mol. The number of hydrogen-bond acceptors (Lipinski definition) is 8. The van der Waals surface area contributed by atoms with Crippen LogP contribution in [0.5, 0.6) is 5.75 Å². The van der Waals surface area contributed by atoms with Crippen LogP contribution in [0, 0.1) is 5.82 Å². The van der Waals surface area contributed by atoms with E-state index in [1.165, 1.54) is 6.07 Å². The molecule has 8 nitrogen and oxygen atoms in total. The second-order valence-corrected chi connectivity index (χ2v) is 8.99. The van der Waals surface area contributed by atoms with Gasteiger partial charge in [0.2, 0.25) is 0 Å². The Labute approximate surface area is 210 Å². The Kier molecular flexibility index (Phi) is 8.12. The number of anilines is 2. The maximum absolute atomic E-state index is 14.7. The number of halogens is 1. The van der Waals surface area contributed by atoms with Crippen molar-refractivity contribution in [2.24, 2.45) is 5.73 Å². The maximum atomic E-state index is 14.7. The number of nitrogens with zero attached hydrogens (tertiary/aromatic N) is 3. The summed E-state index contributed by atoms with van der Waals surface area (Å²) in [6.45, 7) is 3.83. The predicted octanol–water partition coefficient (Wildman–Crippen LogP) is 3.63. The molecular formula is C27H32FN5O3. The summed E-state index contributed by atoms with van der Waals surface area (Å²) >= 11 is 0. The van der Waals surface area contributed by atoms with Crippen molar-refractivity contribution in [3.8, 4) is 17.0 Å². The number of ether oxygens (including phenoxy) is 2. The molecule has 1 fully saturated rings.